The highest BCUT2D eigenvalue weighted by atomic mass is 79.9. The minimum atomic E-state index is -0.396. The van der Waals surface area contributed by atoms with Gasteiger partial charge in [-0.15, -0.1) is 0 Å². The molecular formula is C14H14BrClN2O3. The number of amides is 1. The van der Waals surface area contributed by atoms with Crippen molar-refractivity contribution >= 4 is 44.4 Å². The smallest absolute Gasteiger partial charge is 0.409 e. The summed E-state index contributed by atoms with van der Waals surface area (Å²) in [5, 5.41) is 2.17. The SMILES string of the molecule is CN(C)C(=O)OCCOc1ccc(Br)c2cc(Cl)ncc12. The van der Waals surface area contributed by atoms with Crippen LogP contribution in [0.1, 0.15) is 0 Å². The maximum atomic E-state index is 11.3. The van der Waals surface area contributed by atoms with Crippen LogP contribution in [0.25, 0.3) is 10.8 Å². The van der Waals surface area contributed by atoms with E-state index in [1.165, 1.54) is 4.90 Å². The highest BCUT2D eigenvalue weighted by molar-refractivity contribution is 9.10. The maximum Gasteiger partial charge on any atom is 0.409 e. The van der Waals surface area contributed by atoms with Gasteiger partial charge in [0, 0.05) is 35.5 Å². The lowest BCUT2D eigenvalue weighted by atomic mass is 10.1. The van der Waals surface area contributed by atoms with Gasteiger partial charge >= 0.3 is 6.09 Å². The second-order valence-corrected chi connectivity index (χ2v) is 5.70. The summed E-state index contributed by atoms with van der Waals surface area (Å²) < 4.78 is 11.6. The van der Waals surface area contributed by atoms with Crippen molar-refractivity contribution in [3.63, 3.8) is 0 Å². The van der Waals surface area contributed by atoms with Crippen LogP contribution < -0.4 is 4.74 Å². The molecule has 0 bridgehead atoms. The highest BCUT2D eigenvalue weighted by Crippen LogP contribution is 2.32. The average molecular weight is 374 g/mol. The van der Waals surface area contributed by atoms with Crippen molar-refractivity contribution in [1.29, 1.82) is 0 Å². The number of rotatable bonds is 4. The standard InChI is InChI=1S/C14H14BrClN2O3/c1-18(2)14(19)21-6-5-20-12-4-3-11(15)9-7-13(16)17-8-10(9)12/h3-4,7-8H,5-6H2,1-2H3. The summed E-state index contributed by atoms with van der Waals surface area (Å²) in [4.78, 5) is 16.7. The van der Waals surface area contributed by atoms with E-state index < -0.39 is 6.09 Å². The largest absolute Gasteiger partial charge is 0.489 e. The first-order valence-corrected chi connectivity index (χ1v) is 7.37. The second kappa shape index (κ2) is 6.95. The number of aromatic nitrogens is 1. The molecule has 0 saturated carbocycles. The Morgan fingerprint density at radius 2 is 2.10 bits per heavy atom. The van der Waals surface area contributed by atoms with E-state index in [4.69, 9.17) is 21.1 Å². The number of ether oxygens (including phenoxy) is 2. The number of carbonyl (C=O) groups is 1. The summed E-state index contributed by atoms with van der Waals surface area (Å²) >= 11 is 9.36. The average Bonchev–Trinajstić information content (AvgIpc) is 2.45. The van der Waals surface area contributed by atoms with Gasteiger partial charge in [0.1, 0.15) is 24.1 Å². The molecule has 0 aliphatic carbocycles. The van der Waals surface area contributed by atoms with Crippen molar-refractivity contribution in [3.8, 4) is 5.75 Å². The summed E-state index contributed by atoms with van der Waals surface area (Å²) in [5.41, 5.74) is 0. The maximum absolute atomic E-state index is 11.3. The Bertz CT molecular complexity index is 664. The zero-order valence-corrected chi connectivity index (χ0v) is 13.9. The molecule has 0 spiro atoms. The van der Waals surface area contributed by atoms with Crippen LogP contribution in [-0.2, 0) is 4.74 Å². The minimum Gasteiger partial charge on any atom is -0.489 e. The Labute approximate surface area is 135 Å². The van der Waals surface area contributed by atoms with Crippen LogP contribution >= 0.6 is 27.5 Å². The molecule has 0 aliphatic heterocycles. The summed E-state index contributed by atoms with van der Waals surface area (Å²) in [6.45, 7) is 0.439. The van der Waals surface area contributed by atoms with Gasteiger partial charge < -0.3 is 14.4 Å². The first-order chi connectivity index (χ1) is 9.99. The van der Waals surface area contributed by atoms with E-state index in [0.717, 1.165) is 15.2 Å². The monoisotopic (exact) mass is 372 g/mol. The molecule has 1 heterocycles. The van der Waals surface area contributed by atoms with Gasteiger partial charge in [-0.3, -0.25) is 0 Å². The van der Waals surface area contributed by atoms with E-state index >= 15 is 0 Å². The van der Waals surface area contributed by atoms with Crippen LogP contribution in [0.15, 0.2) is 28.9 Å². The molecule has 0 N–H and O–H groups in total. The lowest BCUT2D eigenvalue weighted by Gasteiger charge is -2.13. The van der Waals surface area contributed by atoms with E-state index in [9.17, 15) is 4.79 Å². The number of halogens is 2. The molecule has 7 heteroatoms. The van der Waals surface area contributed by atoms with Gasteiger partial charge in [-0.25, -0.2) is 9.78 Å². The minimum absolute atomic E-state index is 0.176. The fourth-order valence-electron chi connectivity index (χ4n) is 1.69. The van der Waals surface area contributed by atoms with E-state index in [1.807, 2.05) is 12.1 Å². The zero-order chi connectivity index (χ0) is 15.4. The number of carbonyl (C=O) groups excluding carboxylic acids is 1. The van der Waals surface area contributed by atoms with E-state index in [-0.39, 0.29) is 13.2 Å². The van der Waals surface area contributed by atoms with Gasteiger partial charge in [-0.1, -0.05) is 27.5 Å². The molecular weight excluding hydrogens is 360 g/mol. The van der Waals surface area contributed by atoms with Crippen LogP contribution in [0.5, 0.6) is 5.75 Å². The summed E-state index contributed by atoms with van der Waals surface area (Å²) in [6.07, 6.45) is 1.26. The predicted octanol–water partition coefficient (Wildman–Crippen LogP) is 3.73. The van der Waals surface area contributed by atoms with Gasteiger partial charge in [0.25, 0.3) is 0 Å². The predicted molar refractivity (Wildman–Crippen MR) is 85.0 cm³/mol. The van der Waals surface area contributed by atoms with Crippen molar-refractivity contribution in [3.05, 3.63) is 34.0 Å². The van der Waals surface area contributed by atoms with Gasteiger partial charge in [-0.2, -0.15) is 0 Å². The molecule has 0 aliphatic rings. The molecule has 2 aromatic rings. The van der Waals surface area contributed by atoms with Crippen molar-refractivity contribution in [1.82, 2.24) is 9.88 Å². The first kappa shape index (κ1) is 15.9. The Balaban J connectivity index is 2.06. The Kier molecular flexibility index (Phi) is 5.25. The molecule has 0 atom stereocenters. The number of hydrogen-bond acceptors (Lipinski definition) is 4. The molecule has 1 aromatic carbocycles. The molecule has 2 rings (SSSR count). The lowest BCUT2D eigenvalue weighted by molar-refractivity contribution is 0.102. The third-order valence-electron chi connectivity index (χ3n) is 2.71. The molecule has 112 valence electrons. The molecule has 1 amide bonds. The van der Waals surface area contributed by atoms with E-state index in [1.54, 1.807) is 26.4 Å². The summed E-state index contributed by atoms with van der Waals surface area (Å²) in [6, 6.07) is 5.47. The van der Waals surface area contributed by atoms with E-state index in [2.05, 4.69) is 20.9 Å². The topological polar surface area (TPSA) is 51.7 Å². The van der Waals surface area contributed by atoms with Crippen molar-refractivity contribution < 1.29 is 14.3 Å². The molecule has 1 aromatic heterocycles. The molecule has 0 saturated heterocycles. The normalized spacial score (nSPS) is 10.5. The van der Waals surface area contributed by atoms with Crippen LogP contribution in [0, 0.1) is 0 Å². The Morgan fingerprint density at radius 1 is 1.33 bits per heavy atom. The fraction of sp³-hybridized carbons (Fsp3) is 0.286. The second-order valence-electron chi connectivity index (χ2n) is 4.46. The lowest BCUT2D eigenvalue weighted by Crippen LogP contribution is -2.24. The number of fused-ring (bicyclic) bond motifs is 1. The number of benzene rings is 1. The summed E-state index contributed by atoms with van der Waals surface area (Å²) in [7, 11) is 3.25. The first-order valence-electron chi connectivity index (χ1n) is 6.19. The molecule has 0 fully saturated rings. The number of hydrogen-bond donors (Lipinski definition) is 0. The van der Waals surface area contributed by atoms with Crippen LogP contribution in [0.2, 0.25) is 5.15 Å². The van der Waals surface area contributed by atoms with Crippen LogP contribution in [0.3, 0.4) is 0 Å². The summed E-state index contributed by atoms with van der Waals surface area (Å²) in [5.74, 6) is 0.665. The third-order valence-corrected chi connectivity index (χ3v) is 3.60. The fourth-order valence-corrected chi connectivity index (χ4v) is 2.31. The van der Waals surface area contributed by atoms with Gasteiger partial charge in [0.15, 0.2) is 0 Å². The molecule has 0 radical (unpaired) electrons. The number of pyridine rings is 1. The zero-order valence-electron chi connectivity index (χ0n) is 11.6. The Hall–Kier alpha value is -1.53. The van der Waals surface area contributed by atoms with Gasteiger partial charge in [-0.05, 0) is 18.2 Å². The molecule has 0 unspecified atom stereocenters. The van der Waals surface area contributed by atoms with Crippen molar-refractivity contribution in [2.24, 2.45) is 0 Å². The third kappa shape index (κ3) is 3.98. The molecule has 21 heavy (non-hydrogen) atoms. The quantitative estimate of drug-likeness (QED) is 0.605. The molecule has 5 nitrogen and oxygen atoms in total. The van der Waals surface area contributed by atoms with E-state index in [0.29, 0.717) is 10.9 Å². The van der Waals surface area contributed by atoms with Gasteiger partial charge in [0.05, 0.1) is 0 Å². The van der Waals surface area contributed by atoms with Crippen molar-refractivity contribution in [2.75, 3.05) is 27.3 Å². The van der Waals surface area contributed by atoms with Gasteiger partial charge in [0.2, 0.25) is 0 Å². The van der Waals surface area contributed by atoms with Crippen LogP contribution in [-0.4, -0.2) is 43.3 Å². The number of nitrogens with zero attached hydrogens (tertiary/aromatic N) is 2. The Morgan fingerprint density at radius 3 is 2.81 bits per heavy atom. The van der Waals surface area contributed by atoms with Crippen molar-refractivity contribution in [2.45, 2.75) is 0 Å². The van der Waals surface area contributed by atoms with Crippen LogP contribution in [0.4, 0.5) is 4.79 Å². The highest BCUT2D eigenvalue weighted by Gasteiger charge is 2.08.